The molecule has 25 heavy (non-hydrogen) atoms. The molecule has 1 aromatic carbocycles. The highest BCUT2D eigenvalue weighted by molar-refractivity contribution is 7.89. The van der Waals surface area contributed by atoms with E-state index in [-0.39, 0.29) is 40.3 Å². The minimum Gasteiger partial charge on any atom is -0.462 e. The molecule has 1 heterocycles. The smallest absolute Gasteiger partial charge is 0.309 e. The van der Waals surface area contributed by atoms with Crippen molar-refractivity contribution in [3.8, 4) is 0 Å². The molecular formula is C15H19N3O5S2. The molecule has 1 fully saturated rings. The van der Waals surface area contributed by atoms with Crippen molar-refractivity contribution >= 4 is 44.9 Å². The van der Waals surface area contributed by atoms with Gasteiger partial charge in [-0.2, -0.15) is 0 Å². The lowest BCUT2D eigenvalue weighted by Gasteiger charge is -2.10. The molecular weight excluding hydrogens is 366 g/mol. The number of anilines is 1. The number of thiocarbonyl (C=S) groups is 1. The number of amides is 1. The van der Waals surface area contributed by atoms with Crippen molar-refractivity contribution in [3.05, 3.63) is 24.3 Å². The molecule has 0 unspecified atom stereocenters. The monoisotopic (exact) mass is 385 g/mol. The average Bonchev–Trinajstić information content (AvgIpc) is 2.82. The van der Waals surface area contributed by atoms with Gasteiger partial charge in [0.1, 0.15) is 0 Å². The summed E-state index contributed by atoms with van der Waals surface area (Å²) in [4.78, 5) is 23.4. The number of hydrogen-bond acceptors (Lipinski definition) is 6. The summed E-state index contributed by atoms with van der Waals surface area (Å²) in [6, 6.07) is 5.62. The Bertz CT molecular complexity index is 777. The van der Waals surface area contributed by atoms with E-state index < -0.39 is 10.0 Å². The van der Waals surface area contributed by atoms with E-state index in [0.29, 0.717) is 18.5 Å². The number of carbonyl (C=O) groups is 2. The fourth-order valence-corrected chi connectivity index (χ4v) is 3.21. The zero-order valence-corrected chi connectivity index (χ0v) is 15.2. The number of nitrogens with two attached hydrogens (primary N) is 1. The largest absolute Gasteiger partial charge is 0.462 e. The number of sulfonamides is 1. The SMILES string of the molecule is C[C@@H]1C[C@H](CCC(=O)NC(=S)Nc2ccc(S(N)(=O)=O)cc2)C(=O)O1. The molecule has 0 spiro atoms. The van der Waals surface area contributed by atoms with Crippen LogP contribution in [-0.2, 0) is 24.3 Å². The van der Waals surface area contributed by atoms with E-state index in [1.165, 1.54) is 24.3 Å². The van der Waals surface area contributed by atoms with Crippen molar-refractivity contribution < 1.29 is 22.7 Å². The lowest BCUT2D eigenvalue weighted by atomic mass is 9.99. The molecule has 0 saturated carbocycles. The topological polar surface area (TPSA) is 128 Å². The molecule has 0 aliphatic carbocycles. The van der Waals surface area contributed by atoms with Crippen molar-refractivity contribution in [2.75, 3.05) is 5.32 Å². The number of nitrogens with one attached hydrogen (secondary N) is 2. The van der Waals surface area contributed by atoms with E-state index in [9.17, 15) is 18.0 Å². The number of carbonyl (C=O) groups excluding carboxylic acids is 2. The second kappa shape index (κ2) is 7.89. The molecule has 1 saturated heterocycles. The Kier molecular flexibility index (Phi) is 6.09. The first-order valence-corrected chi connectivity index (χ1v) is 9.55. The lowest BCUT2D eigenvalue weighted by molar-refractivity contribution is -0.143. The lowest BCUT2D eigenvalue weighted by Crippen LogP contribution is -2.34. The molecule has 0 aromatic heterocycles. The number of hydrogen-bond donors (Lipinski definition) is 3. The highest BCUT2D eigenvalue weighted by Crippen LogP contribution is 2.24. The first-order chi connectivity index (χ1) is 11.6. The molecule has 1 amide bonds. The van der Waals surface area contributed by atoms with Crippen LogP contribution in [-0.4, -0.2) is 31.5 Å². The summed E-state index contributed by atoms with van der Waals surface area (Å²) in [5.41, 5.74) is 0.505. The Morgan fingerprint density at radius 3 is 2.52 bits per heavy atom. The maximum Gasteiger partial charge on any atom is 0.309 e. The maximum absolute atomic E-state index is 11.9. The number of rotatable bonds is 5. The third kappa shape index (κ3) is 5.76. The Morgan fingerprint density at radius 2 is 2.00 bits per heavy atom. The van der Waals surface area contributed by atoms with Gasteiger partial charge in [0.15, 0.2) is 5.11 Å². The third-order valence-electron chi connectivity index (χ3n) is 3.68. The van der Waals surface area contributed by atoms with E-state index >= 15 is 0 Å². The van der Waals surface area contributed by atoms with Crippen molar-refractivity contribution in [2.24, 2.45) is 11.1 Å². The molecule has 1 aliphatic heterocycles. The van der Waals surface area contributed by atoms with Gasteiger partial charge in [-0.1, -0.05) is 0 Å². The summed E-state index contributed by atoms with van der Waals surface area (Å²) in [6.07, 6.45) is 1.06. The number of cyclic esters (lactones) is 1. The molecule has 136 valence electrons. The molecule has 4 N–H and O–H groups in total. The predicted octanol–water partition coefficient (Wildman–Crippen LogP) is 0.879. The quantitative estimate of drug-likeness (QED) is 0.507. The van der Waals surface area contributed by atoms with Gasteiger partial charge in [0.05, 0.1) is 16.9 Å². The first-order valence-electron chi connectivity index (χ1n) is 7.59. The van der Waals surface area contributed by atoms with Crippen molar-refractivity contribution in [3.63, 3.8) is 0 Å². The zero-order chi connectivity index (χ0) is 18.6. The number of ether oxygens (including phenoxy) is 1. The van der Waals surface area contributed by atoms with E-state index in [1.807, 2.05) is 6.92 Å². The summed E-state index contributed by atoms with van der Waals surface area (Å²) in [5, 5.41) is 10.4. The summed E-state index contributed by atoms with van der Waals surface area (Å²) in [7, 11) is -3.76. The van der Waals surface area contributed by atoms with E-state index in [2.05, 4.69) is 10.6 Å². The standard InChI is InChI=1S/C15H19N3O5S2/c1-9-8-10(14(20)23-9)2-7-13(19)18-15(24)17-11-3-5-12(6-4-11)25(16,21)22/h3-6,9-10H,2,7-8H2,1H3,(H2,16,21,22)(H2,17,18,19,24)/t9-,10+/m1/s1. The molecule has 2 atom stereocenters. The van der Waals surface area contributed by atoms with E-state index in [1.54, 1.807) is 0 Å². The van der Waals surface area contributed by atoms with Crippen LogP contribution < -0.4 is 15.8 Å². The molecule has 0 radical (unpaired) electrons. The van der Waals surface area contributed by atoms with Crippen LogP contribution in [0.3, 0.4) is 0 Å². The van der Waals surface area contributed by atoms with E-state index in [0.717, 1.165) is 0 Å². The molecule has 1 aromatic rings. The minimum atomic E-state index is -3.76. The molecule has 10 heteroatoms. The maximum atomic E-state index is 11.9. The van der Waals surface area contributed by atoms with Crippen molar-refractivity contribution in [1.82, 2.24) is 5.32 Å². The second-order valence-corrected chi connectivity index (χ2v) is 7.76. The third-order valence-corrected chi connectivity index (χ3v) is 4.81. The molecule has 8 nitrogen and oxygen atoms in total. The van der Waals surface area contributed by atoms with Gasteiger partial charge in [-0.05, 0) is 56.2 Å². The van der Waals surface area contributed by atoms with Crippen LogP contribution in [0.4, 0.5) is 5.69 Å². The Morgan fingerprint density at radius 1 is 1.36 bits per heavy atom. The van der Waals surface area contributed by atoms with Gasteiger partial charge >= 0.3 is 5.97 Å². The minimum absolute atomic E-state index is 0.0225. The summed E-state index contributed by atoms with van der Waals surface area (Å²) < 4.78 is 27.4. The number of primary sulfonamides is 1. The van der Waals surface area contributed by atoms with Gasteiger partial charge < -0.3 is 15.4 Å². The van der Waals surface area contributed by atoms with Gasteiger partial charge in [0.25, 0.3) is 0 Å². The van der Waals surface area contributed by atoms with Crippen LogP contribution in [0.15, 0.2) is 29.2 Å². The van der Waals surface area contributed by atoms with E-state index in [4.69, 9.17) is 22.1 Å². The summed E-state index contributed by atoms with van der Waals surface area (Å²) >= 11 is 5.03. The molecule has 1 aliphatic rings. The van der Waals surface area contributed by atoms with Crippen LogP contribution in [0.25, 0.3) is 0 Å². The Labute approximate surface area is 151 Å². The second-order valence-electron chi connectivity index (χ2n) is 5.79. The average molecular weight is 385 g/mol. The Balaban J connectivity index is 1.79. The normalized spacial score (nSPS) is 20.0. The van der Waals surface area contributed by atoms with Crippen LogP contribution in [0.1, 0.15) is 26.2 Å². The van der Waals surface area contributed by atoms with Gasteiger partial charge in [0, 0.05) is 12.1 Å². The van der Waals surface area contributed by atoms with Gasteiger partial charge in [-0.3, -0.25) is 9.59 Å². The number of esters is 1. The number of benzene rings is 1. The van der Waals surface area contributed by atoms with Crippen LogP contribution >= 0.6 is 12.2 Å². The fraction of sp³-hybridized carbons (Fsp3) is 0.400. The molecule has 2 rings (SSSR count). The highest BCUT2D eigenvalue weighted by Gasteiger charge is 2.31. The predicted molar refractivity (Wildman–Crippen MR) is 95.1 cm³/mol. The van der Waals surface area contributed by atoms with Crippen molar-refractivity contribution in [1.29, 1.82) is 0 Å². The van der Waals surface area contributed by atoms with Gasteiger partial charge in [-0.15, -0.1) is 0 Å². The summed E-state index contributed by atoms with van der Waals surface area (Å²) in [5.74, 6) is -0.838. The zero-order valence-electron chi connectivity index (χ0n) is 13.5. The fourth-order valence-electron chi connectivity index (χ4n) is 2.46. The highest BCUT2D eigenvalue weighted by atomic mass is 32.2. The first kappa shape index (κ1) is 19.3. The summed E-state index contributed by atoms with van der Waals surface area (Å²) in [6.45, 7) is 1.82. The van der Waals surface area contributed by atoms with Gasteiger partial charge in [0.2, 0.25) is 15.9 Å². The molecule has 0 bridgehead atoms. The van der Waals surface area contributed by atoms with Crippen LogP contribution in [0.2, 0.25) is 0 Å². The van der Waals surface area contributed by atoms with Crippen molar-refractivity contribution in [2.45, 2.75) is 37.2 Å². The van der Waals surface area contributed by atoms with Crippen LogP contribution in [0.5, 0.6) is 0 Å². The Hall–Kier alpha value is -2.04. The van der Waals surface area contributed by atoms with Crippen LogP contribution in [0, 0.1) is 5.92 Å². The van der Waals surface area contributed by atoms with Gasteiger partial charge in [-0.25, -0.2) is 13.6 Å².